The van der Waals surface area contributed by atoms with Crippen molar-refractivity contribution in [3.63, 3.8) is 0 Å². The average molecular weight is 406 g/mol. The Morgan fingerprint density at radius 1 is 1.10 bits per heavy atom. The fraction of sp³-hybridized carbons (Fsp3) is 0.391. The number of nitrogens with zero attached hydrogens (tertiary/aromatic N) is 4. The molecule has 154 valence electrons. The molecule has 6 nitrogen and oxygen atoms in total. The van der Waals surface area contributed by atoms with Gasteiger partial charge in [-0.2, -0.15) is 0 Å². The van der Waals surface area contributed by atoms with Gasteiger partial charge in [0.1, 0.15) is 17.4 Å². The topological polar surface area (TPSA) is 68.2 Å². The molecule has 30 heavy (non-hydrogen) atoms. The molecule has 3 aromatic rings. The number of halogens is 1. The molecule has 1 saturated carbocycles. The molecule has 7 heteroatoms. The van der Waals surface area contributed by atoms with Crippen molar-refractivity contribution in [2.75, 3.05) is 26.3 Å². The fourth-order valence-corrected chi connectivity index (χ4v) is 4.29. The van der Waals surface area contributed by atoms with Gasteiger partial charge >= 0.3 is 0 Å². The van der Waals surface area contributed by atoms with Gasteiger partial charge in [0.05, 0.1) is 31.3 Å². The van der Waals surface area contributed by atoms with Crippen LogP contribution in [0, 0.1) is 11.7 Å². The highest BCUT2D eigenvalue weighted by Gasteiger charge is 2.38. The molecule has 5 rings (SSSR count). The minimum Gasteiger partial charge on any atom is -0.379 e. The summed E-state index contributed by atoms with van der Waals surface area (Å²) >= 11 is 0. The summed E-state index contributed by atoms with van der Waals surface area (Å²) in [5.41, 5.74) is 2.27. The first kappa shape index (κ1) is 19.2. The summed E-state index contributed by atoms with van der Waals surface area (Å²) in [5, 5.41) is 0.885. The molecule has 1 saturated heterocycles. The number of Topliss-reactive ketones (excluding diaryl/α,β-unsaturated/α-hetero) is 1. The number of pyridine rings is 1. The van der Waals surface area contributed by atoms with Crippen LogP contribution in [0.2, 0.25) is 0 Å². The molecule has 0 atom stereocenters. The maximum atomic E-state index is 13.5. The molecule has 0 bridgehead atoms. The van der Waals surface area contributed by atoms with Crippen LogP contribution in [0.25, 0.3) is 22.0 Å². The molecule has 1 aliphatic heterocycles. The number of ether oxygens (including phenoxy) is 1. The van der Waals surface area contributed by atoms with Gasteiger partial charge in [-0.15, -0.1) is 0 Å². The highest BCUT2D eigenvalue weighted by molar-refractivity contribution is 5.86. The van der Waals surface area contributed by atoms with Crippen LogP contribution >= 0.6 is 0 Å². The second-order valence-electron chi connectivity index (χ2n) is 8.07. The monoisotopic (exact) mass is 406 g/mol. The molecule has 2 fully saturated rings. The van der Waals surface area contributed by atoms with Crippen LogP contribution in [0.4, 0.5) is 4.39 Å². The van der Waals surface area contributed by atoms with Crippen molar-refractivity contribution in [1.29, 1.82) is 0 Å². The van der Waals surface area contributed by atoms with Gasteiger partial charge in [-0.3, -0.25) is 14.7 Å². The van der Waals surface area contributed by atoms with Crippen molar-refractivity contribution in [3.8, 4) is 11.1 Å². The highest BCUT2D eigenvalue weighted by atomic mass is 19.1. The maximum absolute atomic E-state index is 13.5. The van der Waals surface area contributed by atoms with Crippen molar-refractivity contribution in [2.45, 2.75) is 25.3 Å². The Labute approximate surface area is 174 Å². The molecule has 0 radical (unpaired) electrons. The van der Waals surface area contributed by atoms with Gasteiger partial charge in [0.2, 0.25) is 0 Å². The number of morpholine rings is 1. The van der Waals surface area contributed by atoms with Crippen LogP contribution in [0.1, 0.15) is 18.7 Å². The van der Waals surface area contributed by atoms with E-state index in [2.05, 4.69) is 19.9 Å². The quantitative estimate of drug-likeness (QED) is 0.649. The second kappa shape index (κ2) is 8.16. The van der Waals surface area contributed by atoms with E-state index < -0.39 is 0 Å². The van der Waals surface area contributed by atoms with Crippen LogP contribution in [0.15, 0.2) is 42.9 Å². The van der Waals surface area contributed by atoms with Gasteiger partial charge in [0.25, 0.3) is 0 Å². The molecule has 3 heterocycles. The summed E-state index contributed by atoms with van der Waals surface area (Å²) < 4.78 is 18.9. The third-order valence-electron chi connectivity index (χ3n) is 6.13. The molecule has 0 amide bonds. The number of ketones is 1. The molecule has 2 aliphatic rings. The number of hydrogen-bond acceptors (Lipinski definition) is 6. The Balaban J connectivity index is 1.27. The van der Waals surface area contributed by atoms with Crippen LogP contribution in [0.5, 0.6) is 0 Å². The number of rotatable bonds is 5. The molecule has 0 spiro atoms. The number of fused-ring (bicyclic) bond motifs is 1. The van der Waals surface area contributed by atoms with Crippen LogP contribution in [-0.4, -0.2) is 58.0 Å². The number of carbonyl (C=O) groups excluding carboxylic acids is 1. The second-order valence-corrected chi connectivity index (χ2v) is 8.07. The zero-order valence-corrected chi connectivity index (χ0v) is 16.6. The predicted octanol–water partition coefficient (Wildman–Crippen LogP) is 3.05. The van der Waals surface area contributed by atoms with E-state index in [4.69, 9.17) is 4.74 Å². The van der Waals surface area contributed by atoms with Crippen LogP contribution in [0.3, 0.4) is 0 Å². The van der Waals surface area contributed by atoms with E-state index in [-0.39, 0.29) is 23.9 Å². The summed E-state index contributed by atoms with van der Waals surface area (Å²) in [6.45, 7) is 3.49. The third kappa shape index (κ3) is 3.95. The Hall–Kier alpha value is -2.77. The third-order valence-corrected chi connectivity index (χ3v) is 6.13. The van der Waals surface area contributed by atoms with Crippen molar-refractivity contribution < 1.29 is 13.9 Å². The van der Waals surface area contributed by atoms with E-state index in [0.717, 1.165) is 55.6 Å². The zero-order valence-electron chi connectivity index (χ0n) is 16.6. The summed E-state index contributed by atoms with van der Waals surface area (Å²) in [7, 11) is 0. The summed E-state index contributed by atoms with van der Waals surface area (Å²) in [6, 6.07) is 7.64. The first-order valence-corrected chi connectivity index (χ1v) is 10.4. The normalized spacial score (nSPS) is 22.0. The van der Waals surface area contributed by atoms with Gasteiger partial charge in [-0.05, 0) is 30.5 Å². The first-order valence-electron chi connectivity index (χ1n) is 10.4. The zero-order chi connectivity index (χ0) is 20.5. The van der Waals surface area contributed by atoms with Crippen molar-refractivity contribution >= 4 is 16.7 Å². The van der Waals surface area contributed by atoms with E-state index in [9.17, 15) is 9.18 Å². The Morgan fingerprint density at radius 2 is 1.93 bits per heavy atom. The molecule has 2 aromatic heterocycles. The predicted molar refractivity (Wildman–Crippen MR) is 110 cm³/mol. The summed E-state index contributed by atoms with van der Waals surface area (Å²) in [6.07, 6.45) is 6.64. The first-order chi connectivity index (χ1) is 14.7. The molecule has 1 aromatic carbocycles. The number of hydrogen-bond donors (Lipinski definition) is 0. The lowest BCUT2D eigenvalue weighted by Crippen LogP contribution is -2.51. The maximum Gasteiger partial charge on any atom is 0.143 e. The minimum atomic E-state index is -0.377. The molecular formula is C23H23FN4O2. The van der Waals surface area contributed by atoms with E-state index in [1.54, 1.807) is 12.4 Å². The van der Waals surface area contributed by atoms with Crippen molar-refractivity contribution in [3.05, 3.63) is 54.5 Å². The van der Waals surface area contributed by atoms with Crippen molar-refractivity contribution in [1.82, 2.24) is 19.9 Å². The summed E-state index contributed by atoms with van der Waals surface area (Å²) in [5.74, 6) is 0.473. The SMILES string of the molecule is O=C(Cc1ncc2ccc(-c3cncc(F)c3)cc2n1)C1CC(N2CCOCC2)C1. The Bertz CT molecular complexity index is 1080. The fourth-order valence-electron chi connectivity index (χ4n) is 4.29. The van der Waals surface area contributed by atoms with Crippen LogP contribution in [-0.2, 0) is 16.0 Å². The average Bonchev–Trinajstić information content (AvgIpc) is 2.73. The van der Waals surface area contributed by atoms with E-state index >= 15 is 0 Å². The van der Waals surface area contributed by atoms with Crippen LogP contribution < -0.4 is 0 Å². The largest absolute Gasteiger partial charge is 0.379 e. The number of carbonyl (C=O) groups is 1. The standard InChI is InChI=1S/C23H23FN4O2/c24-19-7-18(12-25-14-19)15-1-2-16-13-26-23(27-21(16)10-15)11-22(29)17-8-20(9-17)28-3-5-30-6-4-28/h1-2,7,10,12-14,17,20H,3-6,8-9,11H2. The summed E-state index contributed by atoms with van der Waals surface area (Å²) in [4.78, 5) is 28.0. The van der Waals surface area contributed by atoms with Gasteiger partial charge in [0.15, 0.2) is 0 Å². The Kier molecular flexibility index (Phi) is 5.23. The lowest BCUT2D eigenvalue weighted by molar-refractivity contribution is -0.127. The number of aromatic nitrogens is 3. The molecule has 1 aliphatic carbocycles. The van der Waals surface area contributed by atoms with E-state index in [1.165, 1.54) is 12.3 Å². The van der Waals surface area contributed by atoms with Gasteiger partial charge in [-0.1, -0.05) is 12.1 Å². The Morgan fingerprint density at radius 3 is 2.73 bits per heavy atom. The van der Waals surface area contributed by atoms with Gasteiger partial charge in [0, 0.05) is 48.4 Å². The minimum absolute atomic E-state index is 0.0989. The number of benzene rings is 1. The van der Waals surface area contributed by atoms with Crippen molar-refractivity contribution in [2.24, 2.45) is 5.92 Å². The highest BCUT2D eigenvalue weighted by Crippen LogP contribution is 2.33. The smallest absolute Gasteiger partial charge is 0.143 e. The van der Waals surface area contributed by atoms with Gasteiger partial charge < -0.3 is 4.74 Å². The molecular weight excluding hydrogens is 383 g/mol. The molecule has 0 N–H and O–H groups in total. The lowest BCUT2D eigenvalue weighted by atomic mass is 9.75. The molecule has 0 unspecified atom stereocenters. The lowest BCUT2D eigenvalue weighted by Gasteiger charge is -2.43. The van der Waals surface area contributed by atoms with Gasteiger partial charge in [-0.25, -0.2) is 14.4 Å². The van der Waals surface area contributed by atoms with E-state index in [0.29, 0.717) is 17.4 Å². The van der Waals surface area contributed by atoms with E-state index in [1.807, 2.05) is 18.2 Å².